The normalized spacial score (nSPS) is 16.6. The third-order valence-electron chi connectivity index (χ3n) is 3.00. The fraction of sp³-hybridized carbons (Fsp3) is 0.417. The summed E-state index contributed by atoms with van der Waals surface area (Å²) in [5.41, 5.74) is 0.766. The Morgan fingerprint density at radius 1 is 1.35 bits per heavy atom. The van der Waals surface area contributed by atoms with Crippen molar-refractivity contribution < 1.29 is 9.59 Å². The molecule has 1 N–H and O–H groups in total. The Balaban J connectivity index is 1.87. The molecule has 0 radical (unpaired) electrons. The topological polar surface area (TPSA) is 62.3 Å². The van der Waals surface area contributed by atoms with Gasteiger partial charge in [-0.25, -0.2) is 0 Å². The number of carbonyl (C=O) groups excluding carboxylic acids is 2. The van der Waals surface area contributed by atoms with Crippen LogP contribution < -0.4 is 5.32 Å². The largest absolute Gasteiger partial charge is 0.345 e. The summed E-state index contributed by atoms with van der Waals surface area (Å²) >= 11 is 0. The van der Waals surface area contributed by atoms with Crippen molar-refractivity contribution in [2.24, 2.45) is 5.92 Å². The number of amides is 2. The first-order chi connectivity index (χ1) is 8.29. The third-order valence-corrected chi connectivity index (χ3v) is 3.00. The standard InChI is InChI=1S/C12H15N3O2/c16-9-15-7-3-10(4-8-15)12(17)14-11-1-5-13-6-2-11/h1-2,5-6,9-10H,3-4,7-8H2,(H,13,14,17). The molecule has 2 heterocycles. The van der Waals surface area contributed by atoms with Crippen LogP contribution in [0.1, 0.15) is 12.8 Å². The number of pyridine rings is 1. The summed E-state index contributed by atoms with van der Waals surface area (Å²) in [5, 5.41) is 2.86. The molecule has 1 aliphatic rings. The maximum Gasteiger partial charge on any atom is 0.227 e. The number of hydrogen-bond acceptors (Lipinski definition) is 3. The maximum absolute atomic E-state index is 11.9. The van der Waals surface area contributed by atoms with Gasteiger partial charge < -0.3 is 10.2 Å². The van der Waals surface area contributed by atoms with Crippen LogP contribution >= 0.6 is 0 Å². The number of rotatable bonds is 3. The lowest BCUT2D eigenvalue weighted by Gasteiger charge is -2.28. The first-order valence-electron chi connectivity index (χ1n) is 5.70. The summed E-state index contributed by atoms with van der Waals surface area (Å²) < 4.78 is 0. The first-order valence-corrected chi connectivity index (χ1v) is 5.70. The van der Waals surface area contributed by atoms with Crippen LogP contribution in [-0.2, 0) is 9.59 Å². The van der Waals surface area contributed by atoms with Gasteiger partial charge in [0.05, 0.1) is 0 Å². The summed E-state index contributed by atoms with van der Waals surface area (Å²) in [6, 6.07) is 3.52. The van der Waals surface area contributed by atoms with Crippen LogP contribution in [0.25, 0.3) is 0 Å². The highest BCUT2D eigenvalue weighted by atomic mass is 16.2. The zero-order chi connectivity index (χ0) is 12.1. The van der Waals surface area contributed by atoms with Crippen LogP contribution in [0.5, 0.6) is 0 Å². The average molecular weight is 233 g/mol. The van der Waals surface area contributed by atoms with Crippen LogP contribution in [-0.4, -0.2) is 35.3 Å². The Kier molecular flexibility index (Phi) is 3.69. The minimum atomic E-state index is -0.000588. The second-order valence-electron chi connectivity index (χ2n) is 4.14. The van der Waals surface area contributed by atoms with Gasteiger partial charge in [-0.1, -0.05) is 0 Å². The van der Waals surface area contributed by atoms with E-state index in [1.54, 1.807) is 29.4 Å². The van der Waals surface area contributed by atoms with Crippen molar-refractivity contribution in [1.82, 2.24) is 9.88 Å². The van der Waals surface area contributed by atoms with Gasteiger partial charge in [-0.3, -0.25) is 14.6 Å². The van der Waals surface area contributed by atoms with Crippen molar-refractivity contribution in [3.8, 4) is 0 Å². The molecule has 1 aromatic heterocycles. The minimum absolute atomic E-state index is 0.000588. The fourth-order valence-corrected chi connectivity index (χ4v) is 1.95. The smallest absolute Gasteiger partial charge is 0.227 e. The second-order valence-corrected chi connectivity index (χ2v) is 4.14. The quantitative estimate of drug-likeness (QED) is 0.789. The van der Waals surface area contributed by atoms with Crippen LogP contribution in [0, 0.1) is 5.92 Å². The molecule has 0 bridgehead atoms. The highest BCUT2D eigenvalue weighted by Crippen LogP contribution is 2.18. The van der Waals surface area contributed by atoms with E-state index in [-0.39, 0.29) is 11.8 Å². The van der Waals surface area contributed by atoms with Crippen molar-refractivity contribution >= 4 is 18.0 Å². The maximum atomic E-state index is 11.9. The number of piperidine rings is 1. The predicted octanol–water partition coefficient (Wildman–Crippen LogP) is 0.888. The molecule has 90 valence electrons. The van der Waals surface area contributed by atoms with E-state index in [0.29, 0.717) is 13.1 Å². The molecule has 1 aromatic rings. The lowest BCUT2D eigenvalue weighted by molar-refractivity contribution is -0.125. The third kappa shape index (κ3) is 3.03. The number of likely N-dealkylation sites (tertiary alicyclic amines) is 1. The van der Waals surface area contributed by atoms with Gasteiger partial charge in [-0.2, -0.15) is 0 Å². The summed E-state index contributed by atoms with van der Waals surface area (Å²) in [7, 11) is 0. The Labute approximate surface area is 99.8 Å². The number of carbonyl (C=O) groups is 2. The number of nitrogens with one attached hydrogen (secondary N) is 1. The second kappa shape index (κ2) is 5.43. The van der Waals surface area contributed by atoms with Crippen LogP contribution in [0.3, 0.4) is 0 Å². The Morgan fingerprint density at radius 2 is 2.00 bits per heavy atom. The molecule has 1 aliphatic heterocycles. The molecule has 17 heavy (non-hydrogen) atoms. The molecule has 1 saturated heterocycles. The molecule has 0 spiro atoms. The minimum Gasteiger partial charge on any atom is -0.345 e. The molecule has 0 aliphatic carbocycles. The predicted molar refractivity (Wildman–Crippen MR) is 63.2 cm³/mol. The molecule has 1 fully saturated rings. The van der Waals surface area contributed by atoms with Gasteiger partial charge in [-0.05, 0) is 25.0 Å². The SMILES string of the molecule is O=CN1CCC(C(=O)Nc2ccncc2)CC1. The van der Waals surface area contributed by atoms with E-state index in [0.717, 1.165) is 24.9 Å². The number of hydrogen-bond donors (Lipinski definition) is 1. The summed E-state index contributed by atoms with van der Waals surface area (Å²) in [5.74, 6) is 0.0288. The molecule has 0 unspecified atom stereocenters. The number of aromatic nitrogens is 1. The Morgan fingerprint density at radius 3 is 2.59 bits per heavy atom. The van der Waals surface area contributed by atoms with Gasteiger partial charge in [0.2, 0.25) is 12.3 Å². The van der Waals surface area contributed by atoms with Crippen LogP contribution in [0.4, 0.5) is 5.69 Å². The molecule has 5 heteroatoms. The molecular weight excluding hydrogens is 218 g/mol. The number of nitrogens with zero attached hydrogens (tertiary/aromatic N) is 2. The van der Waals surface area contributed by atoms with E-state index in [1.807, 2.05) is 0 Å². The van der Waals surface area contributed by atoms with Crippen LogP contribution in [0.15, 0.2) is 24.5 Å². The first kappa shape index (κ1) is 11.6. The van der Waals surface area contributed by atoms with E-state index in [4.69, 9.17) is 0 Å². The van der Waals surface area contributed by atoms with Gasteiger partial charge in [-0.15, -0.1) is 0 Å². The molecule has 0 aromatic carbocycles. The Bertz CT molecular complexity index is 386. The van der Waals surface area contributed by atoms with E-state index in [9.17, 15) is 9.59 Å². The molecule has 0 atom stereocenters. The van der Waals surface area contributed by atoms with Gasteiger partial charge in [0, 0.05) is 37.1 Å². The van der Waals surface area contributed by atoms with Gasteiger partial charge >= 0.3 is 0 Å². The molecule has 5 nitrogen and oxygen atoms in total. The van der Waals surface area contributed by atoms with Gasteiger partial charge in [0.1, 0.15) is 0 Å². The molecule has 2 rings (SSSR count). The van der Waals surface area contributed by atoms with Crippen LogP contribution in [0.2, 0.25) is 0 Å². The molecule has 0 saturated carbocycles. The summed E-state index contributed by atoms with van der Waals surface area (Å²) in [6.45, 7) is 1.33. The zero-order valence-electron chi connectivity index (χ0n) is 9.50. The lowest BCUT2D eigenvalue weighted by Crippen LogP contribution is -2.37. The zero-order valence-corrected chi connectivity index (χ0v) is 9.50. The van der Waals surface area contributed by atoms with Gasteiger partial charge in [0.25, 0.3) is 0 Å². The monoisotopic (exact) mass is 233 g/mol. The van der Waals surface area contributed by atoms with Crippen molar-refractivity contribution in [2.75, 3.05) is 18.4 Å². The molecular formula is C12H15N3O2. The van der Waals surface area contributed by atoms with Crippen molar-refractivity contribution in [1.29, 1.82) is 0 Å². The van der Waals surface area contributed by atoms with E-state index in [1.165, 1.54) is 0 Å². The van der Waals surface area contributed by atoms with Gasteiger partial charge in [0.15, 0.2) is 0 Å². The Hall–Kier alpha value is -1.91. The van der Waals surface area contributed by atoms with E-state index < -0.39 is 0 Å². The number of anilines is 1. The van der Waals surface area contributed by atoms with E-state index in [2.05, 4.69) is 10.3 Å². The average Bonchev–Trinajstić information content (AvgIpc) is 2.40. The summed E-state index contributed by atoms with van der Waals surface area (Å²) in [4.78, 5) is 28.1. The highest BCUT2D eigenvalue weighted by Gasteiger charge is 2.24. The highest BCUT2D eigenvalue weighted by molar-refractivity contribution is 5.92. The molecule has 2 amide bonds. The summed E-state index contributed by atoms with van der Waals surface area (Å²) in [6.07, 6.45) is 5.59. The lowest BCUT2D eigenvalue weighted by atomic mass is 9.96. The van der Waals surface area contributed by atoms with Crippen molar-refractivity contribution in [3.63, 3.8) is 0 Å². The van der Waals surface area contributed by atoms with Crippen molar-refractivity contribution in [2.45, 2.75) is 12.8 Å². The van der Waals surface area contributed by atoms with E-state index >= 15 is 0 Å². The van der Waals surface area contributed by atoms with Crippen molar-refractivity contribution in [3.05, 3.63) is 24.5 Å². The fourth-order valence-electron chi connectivity index (χ4n) is 1.95.